The molecule has 78 valence electrons. The first-order valence-corrected chi connectivity index (χ1v) is 4.51. The molecular weight excluding hydrogens is 194 g/mol. The number of ether oxygens (including phenoxy) is 1. The van der Waals surface area contributed by atoms with Crippen molar-refractivity contribution in [3.8, 4) is 0 Å². The summed E-state index contributed by atoms with van der Waals surface area (Å²) in [6.45, 7) is 2.19. The Morgan fingerprint density at radius 2 is 2.07 bits per heavy atom. The molecule has 0 fully saturated rings. The van der Waals surface area contributed by atoms with Gasteiger partial charge in [-0.3, -0.25) is 0 Å². The lowest BCUT2D eigenvalue weighted by atomic mass is 10.1. The smallest absolute Gasteiger partial charge is 0.338 e. The summed E-state index contributed by atoms with van der Waals surface area (Å²) in [5, 5.41) is 0. The van der Waals surface area contributed by atoms with Gasteiger partial charge in [-0.25, -0.2) is 14.6 Å². The van der Waals surface area contributed by atoms with E-state index in [-0.39, 0.29) is 13.2 Å². The molecule has 0 atom stereocenters. The molecule has 0 aliphatic rings. The summed E-state index contributed by atoms with van der Waals surface area (Å²) in [7, 11) is 0. The number of aliphatic imine (C=N–C) groups is 1. The Hall–Kier alpha value is -1.93. The van der Waals surface area contributed by atoms with Gasteiger partial charge in [-0.2, -0.15) is 0 Å². The van der Waals surface area contributed by atoms with E-state index in [1.54, 1.807) is 12.1 Å². The molecule has 0 amide bonds. The van der Waals surface area contributed by atoms with Crippen LogP contribution < -0.4 is 0 Å². The summed E-state index contributed by atoms with van der Waals surface area (Å²) in [6, 6.07) is 7.06. The summed E-state index contributed by atoms with van der Waals surface area (Å²) in [6.07, 6.45) is 1.37. The van der Waals surface area contributed by atoms with Gasteiger partial charge in [0.1, 0.15) is 6.61 Å². The molecule has 15 heavy (non-hydrogen) atoms. The predicted octanol–water partition coefficient (Wildman–Crippen LogP) is 1.49. The van der Waals surface area contributed by atoms with Crippen molar-refractivity contribution in [3.63, 3.8) is 0 Å². The summed E-state index contributed by atoms with van der Waals surface area (Å²) in [5.41, 5.74) is 1.58. The standard InChI is InChI=1S/C11H11NO3/c1-9-2-4-10(5-3-9)11(14)15-7-6-12-8-13/h2-5H,6-7H2,1H3. The number of carbonyl (C=O) groups is 1. The number of aryl methyl sites for hydroxylation is 1. The molecule has 0 saturated carbocycles. The van der Waals surface area contributed by atoms with E-state index in [2.05, 4.69) is 4.99 Å². The van der Waals surface area contributed by atoms with Crippen LogP contribution in [0.4, 0.5) is 0 Å². The lowest BCUT2D eigenvalue weighted by Crippen LogP contribution is -2.08. The van der Waals surface area contributed by atoms with E-state index in [4.69, 9.17) is 4.74 Å². The number of benzene rings is 1. The molecule has 0 saturated heterocycles. The number of isocyanates is 1. The Kier molecular flexibility index (Phi) is 4.26. The van der Waals surface area contributed by atoms with Gasteiger partial charge in [-0.15, -0.1) is 0 Å². The minimum Gasteiger partial charge on any atom is -0.460 e. The zero-order valence-corrected chi connectivity index (χ0v) is 8.40. The number of rotatable bonds is 4. The quantitative estimate of drug-likeness (QED) is 0.324. The number of nitrogens with zero attached hydrogens (tertiary/aromatic N) is 1. The predicted molar refractivity (Wildman–Crippen MR) is 54.5 cm³/mol. The summed E-state index contributed by atoms with van der Waals surface area (Å²) in [4.78, 5) is 24.4. The minimum absolute atomic E-state index is 0.0992. The Morgan fingerprint density at radius 1 is 1.40 bits per heavy atom. The van der Waals surface area contributed by atoms with E-state index in [1.165, 1.54) is 6.08 Å². The second kappa shape index (κ2) is 5.73. The van der Waals surface area contributed by atoms with Crippen LogP contribution in [-0.2, 0) is 9.53 Å². The Morgan fingerprint density at radius 3 is 2.67 bits per heavy atom. The highest BCUT2D eigenvalue weighted by molar-refractivity contribution is 5.89. The van der Waals surface area contributed by atoms with Crippen molar-refractivity contribution in [2.45, 2.75) is 6.92 Å². The van der Waals surface area contributed by atoms with Gasteiger partial charge in [0, 0.05) is 0 Å². The van der Waals surface area contributed by atoms with Crippen molar-refractivity contribution in [1.82, 2.24) is 0 Å². The van der Waals surface area contributed by atoms with Crippen molar-refractivity contribution < 1.29 is 14.3 Å². The topological polar surface area (TPSA) is 55.7 Å². The van der Waals surface area contributed by atoms with Crippen LogP contribution in [0.15, 0.2) is 29.3 Å². The van der Waals surface area contributed by atoms with Gasteiger partial charge in [0.25, 0.3) is 0 Å². The van der Waals surface area contributed by atoms with Crippen LogP contribution in [0.3, 0.4) is 0 Å². The van der Waals surface area contributed by atoms with E-state index in [1.807, 2.05) is 19.1 Å². The van der Waals surface area contributed by atoms with Crippen LogP contribution in [0.25, 0.3) is 0 Å². The van der Waals surface area contributed by atoms with Crippen LogP contribution >= 0.6 is 0 Å². The molecule has 0 bridgehead atoms. The van der Waals surface area contributed by atoms with Crippen LogP contribution in [0.2, 0.25) is 0 Å². The largest absolute Gasteiger partial charge is 0.460 e. The maximum Gasteiger partial charge on any atom is 0.338 e. The van der Waals surface area contributed by atoms with E-state index in [9.17, 15) is 9.59 Å². The van der Waals surface area contributed by atoms with Gasteiger partial charge in [-0.1, -0.05) is 17.7 Å². The number of hydrogen-bond donors (Lipinski definition) is 0. The molecule has 1 aromatic rings. The van der Waals surface area contributed by atoms with Crippen LogP contribution in [0.1, 0.15) is 15.9 Å². The maximum absolute atomic E-state index is 11.4. The lowest BCUT2D eigenvalue weighted by Gasteiger charge is -2.02. The second-order valence-electron chi connectivity index (χ2n) is 2.97. The molecule has 0 spiro atoms. The molecule has 0 aliphatic carbocycles. The third-order valence-corrected chi connectivity index (χ3v) is 1.79. The highest BCUT2D eigenvalue weighted by atomic mass is 16.5. The molecule has 0 radical (unpaired) electrons. The normalized spacial score (nSPS) is 9.13. The molecule has 1 rings (SSSR count). The number of hydrogen-bond acceptors (Lipinski definition) is 4. The highest BCUT2D eigenvalue weighted by Crippen LogP contribution is 2.04. The Labute approximate surface area is 87.6 Å². The van der Waals surface area contributed by atoms with Crippen LogP contribution in [0.5, 0.6) is 0 Å². The van der Waals surface area contributed by atoms with Gasteiger partial charge in [0.2, 0.25) is 6.08 Å². The number of esters is 1. The van der Waals surface area contributed by atoms with Gasteiger partial charge in [0.05, 0.1) is 12.1 Å². The fourth-order valence-corrected chi connectivity index (χ4v) is 1.00. The molecule has 0 heterocycles. The number of carbonyl (C=O) groups excluding carboxylic acids is 2. The zero-order valence-electron chi connectivity index (χ0n) is 8.40. The summed E-state index contributed by atoms with van der Waals surface area (Å²) in [5.74, 6) is -0.406. The Balaban J connectivity index is 2.46. The molecule has 0 unspecified atom stereocenters. The SMILES string of the molecule is Cc1ccc(C(=O)OCCN=C=O)cc1. The van der Waals surface area contributed by atoms with Gasteiger partial charge >= 0.3 is 5.97 Å². The van der Waals surface area contributed by atoms with Crippen molar-refractivity contribution in [2.24, 2.45) is 4.99 Å². The lowest BCUT2D eigenvalue weighted by molar-refractivity contribution is 0.0517. The van der Waals surface area contributed by atoms with Crippen molar-refractivity contribution in [2.75, 3.05) is 13.2 Å². The summed E-state index contributed by atoms with van der Waals surface area (Å²) >= 11 is 0. The average molecular weight is 205 g/mol. The molecule has 0 N–H and O–H groups in total. The van der Waals surface area contributed by atoms with Gasteiger partial charge < -0.3 is 4.74 Å². The Bertz CT molecular complexity index is 377. The van der Waals surface area contributed by atoms with Crippen molar-refractivity contribution in [3.05, 3.63) is 35.4 Å². The first kappa shape index (κ1) is 11.1. The first-order valence-electron chi connectivity index (χ1n) is 4.51. The third kappa shape index (κ3) is 3.75. The third-order valence-electron chi connectivity index (χ3n) is 1.79. The molecular formula is C11H11NO3. The summed E-state index contributed by atoms with van der Waals surface area (Å²) < 4.78 is 4.86. The first-order chi connectivity index (χ1) is 7.24. The second-order valence-corrected chi connectivity index (χ2v) is 2.97. The van der Waals surface area contributed by atoms with E-state index >= 15 is 0 Å². The van der Waals surface area contributed by atoms with Crippen LogP contribution in [-0.4, -0.2) is 25.2 Å². The van der Waals surface area contributed by atoms with Crippen molar-refractivity contribution in [1.29, 1.82) is 0 Å². The zero-order chi connectivity index (χ0) is 11.1. The monoisotopic (exact) mass is 205 g/mol. The molecule has 4 heteroatoms. The molecule has 4 nitrogen and oxygen atoms in total. The fourth-order valence-electron chi connectivity index (χ4n) is 1.00. The van der Waals surface area contributed by atoms with Crippen LogP contribution in [0, 0.1) is 6.92 Å². The van der Waals surface area contributed by atoms with E-state index in [0.29, 0.717) is 5.56 Å². The van der Waals surface area contributed by atoms with E-state index < -0.39 is 5.97 Å². The molecule has 0 aliphatic heterocycles. The molecule has 0 aromatic heterocycles. The van der Waals surface area contributed by atoms with Gasteiger partial charge in [-0.05, 0) is 19.1 Å². The van der Waals surface area contributed by atoms with Crippen molar-refractivity contribution >= 4 is 12.0 Å². The fraction of sp³-hybridized carbons (Fsp3) is 0.273. The van der Waals surface area contributed by atoms with Gasteiger partial charge in [0.15, 0.2) is 0 Å². The molecule has 1 aromatic carbocycles. The maximum atomic E-state index is 11.4. The minimum atomic E-state index is -0.406. The average Bonchev–Trinajstić information content (AvgIpc) is 2.25. The highest BCUT2D eigenvalue weighted by Gasteiger charge is 2.05. The van der Waals surface area contributed by atoms with E-state index in [0.717, 1.165) is 5.56 Å².